The molecule has 4 heteroatoms. The van der Waals surface area contributed by atoms with E-state index in [4.69, 9.17) is 0 Å². The van der Waals surface area contributed by atoms with Gasteiger partial charge in [0.1, 0.15) is 0 Å². The quantitative estimate of drug-likeness (QED) is 0.778. The van der Waals surface area contributed by atoms with Crippen LogP contribution in [-0.4, -0.2) is 5.91 Å². The van der Waals surface area contributed by atoms with Crippen molar-refractivity contribution in [2.24, 2.45) is 5.41 Å². The summed E-state index contributed by atoms with van der Waals surface area (Å²) in [6.45, 7) is 2.01. The van der Waals surface area contributed by atoms with Crippen molar-refractivity contribution in [1.29, 1.82) is 0 Å². The monoisotopic (exact) mass is 379 g/mol. The molecule has 1 aromatic rings. The highest BCUT2D eigenvalue weighted by Gasteiger charge is 2.44. The fraction of sp³-hybridized carbons (Fsp3) is 0.364. The Morgan fingerprint density at radius 2 is 2.20 bits per heavy atom. The molecule has 1 fully saturated rings. The van der Waals surface area contributed by atoms with Crippen molar-refractivity contribution >= 4 is 50.1 Å². The third-order valence-electron chi connectivity index (χ3n) is 2.73. The Kier molecular flexibility index (Phi) is 3.07. The van der Waals surface area contributed by atoms with Crippen LogP contribution >= 0.6 is 38.5 Å². The van der Waals surface area contributed by atoms with Gasteiger partial charge in [-0.15, -0.1) is 0 Å². The maximum atomic E-state index is 11.8. The van der Waals surface area contributed by atoms with Gasteiger partial charge in [-0.3, -0.25) is 4.79 Å². The van der Waals surface area contributed by atoms with E-state index >= 15 is 0 Å². The largest absolute Gasteiger partial charge is 0.326 e. The van der Waals surface area contributed by atoms with Crippen LogP contribution in [0.4, 0.5) is 5.69 Å². The number of hydrogen-bond acceptors (Lipinski definition) is 1. The zero-order valence-corrected chi connectivity index (χ0v) is 12.1. The van der Waals surface area contributed by atoms with Gasteiger partial charge in [-0.05, 0) is 69.6 Å². The van der Waals surface area contributed by atoms with Crippen LogP contribution in [0.25, 0.3) is 0 Å². The van der Waals surface area contributed by atoms with Gasteiger partial charge >= 0.3 is 0 Å². The summed E-state index contributed by atoms with van der Waals surface area (Å²) < 4.78 is 2.16. The lowest BCUT2D eigenvalue weighted by atomic mass is 10.1. The van der Waals surface area contributed by atoms with E-state index < -0.39 is 0 Å². The summed E-state index contributed by atoms with van der Waals surface area (Å²) in [4.78, 5) is 11.8. The summed E-state index contributed by atoms with van der Waals surface area (Å²) in [5, 5.41) is 2.95. The molecular formula is C11H11BrINO. The van der Waals surface area contributed by atoms with Crippen LogP contribution in [0, 0.1) is 8.99 Å². The van der Waals surface area contributed by atoms with Crippen molar-refractivity contribution in [2.45, 2.75) is 19.8 Å². The fourth-order valence-corrected chi connectivity index (χ4v) is 2.03. The molecule has 0 aliphatic heterocycles. The van der Waals surface area contributed by atoms with Crippen molar-refractivity contribution < 1.29 is 4.79 Å². The molecule has 1 aliphatic rings. The molecule has 1 aromatic carbocycles. The molecule has 2 nitrogen and oxygen atoms in total. The van der Waals surface area contributed by atoms with Crippen molar-refractivity contribution in [3.05, 3.63) is 26.2 Å². The number of nitrogens with one attached hydrogen (secondary N) is 1. The van der Waals surface area contributed by atoms with Crippen LogP contribution in [-0.2, 0) is 4.79 Å². The molecule has 0 atom stereocenters. The first-order valence-corrected chi connectivity index (χ1v) is 6.65. The minimum absolute atomic E-state index is 0.113. The van der Waals surface area contributed by atoms with Gasteiger partial charge in [0.2, 0.25) is 5.91 Å². The molecule has 0 heterocycles. The molecular weight excluding hydrogens is 369 g/mol. The Hall–Kier alpha value is -0.100. The maximum absolute atomic E-state index is 11.8. The first kappa shape index (κ1) is 11.4. The molecule has 1 N–H and O–H groups in total. The Labute approximate surface area is 111 Å². The highest BCUT2D eigenvalue weighted by molar-refractivity contribution is 14.1. The van der Waals surface area contributed by atoms with Crippen molar-refractivity contribution in [3.63, 3.8) is 0 Å². The third kappa shape index (κ3) is 2.53. The molecule has 15 heavy (non-hydrogen) atoms. The van der Waals surface area contributed by atoms with Gasteiger partial charge in [0, 0.05) is 19.1 Å². The molecule has 0 bridgehead atoms. The summed E-state index contributed by atoms with van der Waals surface area (Å²) >= 11 is 5.66. The van der Waals surface area contributed by atoms with E-state index in [0.717, 1.165) is 26.6 Å². The third-order valence-corrected chi connectivity index (χ3v) is 5.05. The van der Waals surface area contributed by atoms with Crippen molar-refractivity contribution in [2.75, 3.05) is 5.32 Å². The fourth-order valence-electron chi connectivity index (χ4n) is 1.27. The van der Waals surface area contributed by atoms with Gasteiger partial charge in [-0.1, -0.05) is 6.92 Å². The molecule has 1 amide bonds. The van der Waals surface area contributed by atoms with Gasteiger partial charge in [-0.25, -0.2) is 0 Å². The summed E-state index contributed by atoms with van der Waals surface area (Å²) in [5.41, 5.74) is 0.763. The van der Waals surface area contributed by atoms with Crippen LogP contribution in [0.5, 0.6) is 0 Å². The second-order valence-corrected chi connectivity index (χ2v) is 6.16. The number of amides is 1. The maximum Gasteiger partial charge on any atom is 0.230 e. The van der Waals surface area contributed by atoms with Gasteiger partial charge in [-0.2, -0.15) is 0 Å². The number of benzene rings is 1. The highest BCUT2D eigenvalue weighted by atomic mass is 127. The van der Waals surface area contributed by atoms with E-state index in [9.17, 15) is 4.79 Å². The zero-order chi connectivity index (χ0) is 11.1. The van der Waals surface area contributed by atoms with Crippen molar-refractivity contribution in [1.82, 2.24) is 0 Å². The molecule has 0 spiro atoms. The topological polar surface area (TPSA) is 29.1 Å². The molecule has 1 saturated carbocycles. The first-order chi connectivity index (χ1) is 7.01. The molecule has 0 radical (unpaired) electrons. The Bertz CT molecular complexity index is 415. The van der Waals surface area contributed by atoms with Crippen LogP contribution in [0.3, 0.4) is 0 Å². The second-order valence-electron chi connectivity index (χ2n) is 4.14. The first-order valence-electron chi connectivity index (χ1n) is 4.78. The average molecular weight is 380 g/mol. The van der Waals surface area contributed by atoms with Crippen molar-refractivity contribution in [3.8, 4) is 0 Å². The predicted octanol–water partition coefficient (Wildman–Crippen LogP) is 3.79. The van der Waals surface area contributed by atoms with E-state index in [1.165, 1.54) is 0 Å². The molecule has 0 unspecified atom stereocenters. The van der Waals surface area contributed by atoms with Crippen LogP contribution < -0.4 is 5.32 Å². The zero-order valence-electron chi connectivity index (χ0n) is 8.31. The van der Waals surface area contributed by atoms with Crippen LogP contribution in [0.2, 0.25) is 0 Å². The van der Waals surface area contributed by atoms with E-state index in [1.54, 1.807) is 0 Å². The summed E-state index contributed by atoms with van der Waals surface area (Å²) in [6.07, 6.45) is 2.01. The lowest BCUT2D eigenvalue weighted by molar-refractivity contribution is -0.120. The highest BCUT2D eigenvalue weighted by Crippen LogP contribution is 2.45. The van der Waals surface area contributed by atoms with Crippen LogP contribution in [0.15, 0.2) is 22.7 Å². The normalized spacial score (nSPS) is 17.3. The number of anilines is 1. The van der Waals surface area contributed by atoms with Gasteiger partial charge in [0.05, 0.1) is 0 Å². The number of rotatable bonds is 2. The number of carbonyl (C=O) groups is 1. The van der Waals surface area contributed by atoms with Gasteiger partial charge < -0.3 is 5.32 Å². The molecule has 80 valence electrons. The summed E-state index contributed by atoms with van der Waals surface area (Å²) in [5.74, 6) is 0.139. The van der Waals surface area contributed by atoms with E-state index in [0.29, 0.717) is 0 Å². The standard InChI is InChI=1S/C11H11BrINO/c1-11(4-5-11)10(15)14-7-2-3-8(12)9(13)6-7/h2-3,6H,4-5H2,1H3,(H,14,15). The Balaban J connectivity index is 2.11. The SMILES string of the molecule is CC1(C(=O)Nc2ccc(Br)c(I)c2)CC1. The minimum Gasteiger partial charge on any atom is -0.326 e. The minimum atomic E-state index is -0.113. The molecule has 0 saturated heterocycles. The lowest BCUT2D eigenvalue weighted by Gasteiger charge is -2.10. The molecule has 2 rings (SSSR count). The average Bonchev–Trinajstić information content (AvgIpc) is 2.92. The number of halogens is 2. The Morgan fingerprint density at radius 3 is 2.73 bits per heavy atom. The lowest BCUT2D eigenvalue weighted by Crippen LogP contribution is -2.21. The van der Waals surface area contributed by atoms with Crippen LogP contribution in [0.1, 0.15) is 19.8 Å². The summed E-state index contributed by atoms with van der Waals surface area (Å²) in [6, 6.07) is 5.83. The van der Waals surface area contributed by atoms with E-state index in [1.807, 2.05) is 25.1 Å². The Morgan fingerprint density at radius 1 is 1.53 bits per heavy atom. The second kappa shape index (κ2) is 4.05. The molecule has 1 aliphatic carbocycles. The summed E-state index contributed by atoms with van der Waals surface area (Å²) in [7, 11) is 0. The smallest absolute Gasteiger partial charge is 0.230 e. The van der Waals surface area contributed by atoms with Gasteiger partial charge in [0.25, 0.3) is 0 Å². The van der Waals surface area contributed by atoms with Gasteiger partial charge in [0.15, 0.2) is 0 Å². The number of hydrogen-bond donors (Lipinski definition) is 1. The predicted molar refractivity (Wildman–Crippen MR) is 72.8 cm³/mol. The number of carbonyl (C=O) groups excluding carboxylic acids is 1. The molecule has 0 aromatic heterocycles. The van der Waals surface area contributed by atoms with E-state index in [-0.39, 0.29) is 11.3 Å². The van der Waals surface area contributed by atoms with E-state index in [2.05, 4.69) is 43.8 Å².